The number of allylic oxidation sites excluding steroid dienone is 4. The molecule has 3 heteroatoms. The van der Waals surface area contributed by atoms with Gasteiger partial charge in [0.15, 0.2) is 0 Å². The summed E-state index contributed by atoms with van der Waals surface area (Å²) in [4.78, 5) is 4.62. The Morgan fingerprint density at radius 1 is 0.903 bits per heavy atom. The molecule has 2 N–H and O–H groups in total. The Bertz CT molecular complexity index is 1170. The van der Waals surface area contributed by atoms with Crippen LogP contribution in [0.15, 0.2) is 66.8 Å². The van der Waals surface area contributed by atoms with Crippen molar-refractivity contribution in [1.29, 1.82) is 0 Å². The Labute approximate surface area is 185 Å². The van der Waals surface area contributed by atoms with E-state index in [4.69, 9.17) is 5.73 Å². The first-order valence-electron chi connectivity index (χ1n) is 11.3. The first-order valence-corrected chi connectivity index (χ1v) is 11.3. The largest absolute Gasteiger partial charge is 0.378 e. The third-order valence-corrected chi connectivity index (χ3v) is 6.63. The summed E-state index contributed by atoms with van der Waals surface area (Å²) in [6, 6.07) is 18.1. The number of anilines is 1. The monoisotopic (exact) mass is 409 g/mol. The number of nitrogens with two attached hydrogens (primary N) is 1. The topological polar surface area (TPSA) is 32.5 Å². The number of benzene rings is 3. The number of nitrogens with zero attached hydrogens (tertiary/aromatic N) is 2. The van der Waals surface area contributed by atoms with E-state index in [0.717, 1.165) is 32.5 Å². The van der Waals surface area contributed by atoms with Crippen LogP contribution in [0.2, 0.25) is 0 Å². The lowest BCUT2D eigenvalue weighted by molar-refractivity contribution is 0.264. The second-order valence-corrected chi connectivity index (χ2v) is 8.93. The standard InChI is InChI=1S/C28H31N3/c1-30(2)25-13-6-20(7-14-25)18-31(17-16-29)19-24-11-10-23-9-8-21-4-3-5-22-12-15-26(24)28(23)27(21)22/h3,5-14H,4,15-19,29H2,1-2H3. The van der Waals surface area contributed by atoms with E-state index in [2.05, 4.69) is 90.7 Å². The Kier molecular flexibility index (Phi) is 5.39. The second-order valence-electron chi connectivity index (χ2n) is 8.93. The molecule has 3 nitrogen and oxygen atoms in total. The highest BCUT2D eigenvalue weighted by molar-refractivity contribution is 6.02. The third kappa shape index (κ3) is 3.80. The summed E-state index contributed by atoms with van der Waals surface area (Å²) in [5.41, 5.74) is 15.8. The summed E-state index contributed by atoms with van der Waals surface area (Å²) in [5, 5.41) is 2.84. The molecule has 0 fully saturated rings. The minimum atomic E-state index is 0.670. The van der Waals surface area contributed by atoms with Crippen molar-refractivity contribution < 1.29 is 0 Å². The van der Waals surface area contributed by atoms with E-state index in [1.54, 1.807) is 0 Å². The van der Waals surface area contributed by atoms with Crippen molar-refractivity contribution >= 4 is 22.0 Å². The predicted molar refractivity (Wildman–Crippen MR) is 132 cm³/mol. The van der Waals surface area contributed by atoms with Gasteiger partial charge in [0.05, 0.1) is 0 Å². The van der Waals surface area contributed by atoms with Crippen LogP contribution in [-0.2, 0) is 25.9 Å². The molecule has 0 bridgehead atoms. The maximum Gasteiger partial charge on any atom is 0.0361 e. The summed E-state index contributed by atoms with van der Waals surface area (Å²) in [6.07, 6.45) is 9.05. The van der Waals surface area contributed by atoms with Crippen LogP contribution in [0, 0.1) is 0 Å². The molecular formula is C28H31N3. The minimum Gasteiger partial charge on any atom is -0.378 e. The Morgan fingerprint density at radius 3 is 2.48 bits per heavy atom. The average molecular weight is 410 g/mol. The van der Waals surface area contributed by atoms with Gasteiger partial charge in [0.25, 0.3) is 0 Å². The summed E-state index contributed by atoms with van der Waals surface area (Å²) >= 11 is 0. The number of hydrogen-bond acceptors (Lipinski definition) is 3. The van der Waals surface area contributed by atoms with E-state index in [1.807, 2.05) is 0 Å². The van der Waals surface area contributed by atoms with Gasteiger partial charge < -0.3 is 10.6 Å². The van der Waals surface area contributed by atoms with Crippen molar-refractivity contribution in [2.24, 2.45) is 5.73 Å². The summed E-state index contributed by atoms with van der Waals surface area (Å²) in [7, 11) is 4.16. The maximum atomic E-state index is 6.00. The van der Waals surface area contributed by atoms with Gasteiger partial charge in [0.1, 0.15) is 0 Å². The van der Waals surface area contributed by atoms with Gasteiger partial charge >= 0.3 is 0 Å². The average Bonchev–Trinajstić information content (AvgIpc) is 2.79. The van der Waals surface area contributed by atoms with Crippen molar-refractivity contribution in [1.82, 2.24) is 4.90 Å². The minimum absolute atomic E-state index is 0.670. The smallest absolute Gasteiger partial charge is 0.0361 e. The molecule has 0 saturated carbocycles. The molecule has 2 aliphatic rings. The van der Waals surface area contributed by atoms with Crippen LogP contribution in [0.5, 0.6) is 0 Å². The van der Waals surface area contributed by atoms with E-state index in [0.29, 0.717) is 6.54 Å². The molecule has 0 aliphatic heterocycles. The zero-order valence-electron chi connectivity index (χ0n) is 18.6. The molecule has 0 saturated heterocycles. The molecule has 0 unspecified atom stereocenters. The molecular weight excluding hydrogens is 378 g/mol. The second kappa shape index (κ2) is 8.33. The fraction of sp³-hybridized carbons (Fsp3) is 0.286. The van der Waals surface area contributed by atoms with Crippen molar-refractivity contribution in [3.05, 3.63) is 94.6 Å². The van der Waals surface area contributed by atoms with Gasteiger partial charge in [-0.1, -0.05) is 54.6 Å². The van der Waals surface area contributed by atoms with Gasteiger partial charge in [-0.25, -0.2) is 0 Å². The van der Waals surface area contributed by atoms with Gasteiger partial charge in [-0.15, -0.1) is 0 Å². The fourth-order valence-corrected chi connectivity index (χ4v) is 5.03. The van der Waals surface area contributed by atoms with E-state index in [1.165, 1.54) is 49.9 Å². The Balaban J connectivity index is 1.46. The van der Waals surface area contributed by atoms with Gasteiger partial charge in [0.2, 0.25) is 0 Å². The van der Waals surface area contributed by atoms with Crippen molar-refractivity contribution in [2.45, 2.75) is 25.9 Å². The normalized spacial score (nSPS) is 14.3. The SMILES string of the molecule is CN(C)c1ccc(CN(CCN)Cc2ccc3ccc4c5c3c2CC=C5C=CC4)cc1. The lowest BCUT2D eigenvalue weighted by atomic mass is 9.80. The summed E-state index contributed by atoms with van der Waals surface area (Å²) in [5.74, 6) is 0. The number of hydrogen-bond donors (Lipinski definition) is 1. The van der Waals surface area contributed by atoms with E-state index >= 15 is 0 Å². The molecule has 3 aromatic carbocycles. The summed E-state index contributed by atoms with van der Waals surface area (Å²) in [6.45, 7) is 3.41. The predicted octanol–water partition coefficient (Wildman–Crippen LogP) is 4.92. The van der Waals surface area contributed by atoms with E-state index < -0.39 is 0 Å². The van der Waals surface area contributed by atoms with Gasteiger partial charge in [-0.2, -0.15) is 0 Å². The molecule has 0 atom stereocenters. The Hall–Kier alpha value is -2.88. The van der Waals surface area contributed by atoms with Crippen LogP contribution in [0.25, 0.3) is 16.3 Å². The Morgan fingerprint density at radius 2 is 1.71 bits per heavy atom. The lowest BCUT2D eigenvalue weighted by Crippen LogP contribution is -2.29. The fourth-order valence-electron chi connectivity index (χ4n) is 5.03. The molecule has 158 valence electrons. The molecule has 0 radical (unpaired) electrons. The molecule has 0 spiro atoms. The van der Waals surface area contributed by atoms with Crippen molar-refractivity contribution in [3.8, 4) is 0 Å². The van der Waals surface area contributed by atoms with Crippen LogP contribution in [0.3, 0.4) is 0 Å². The quantitative estimate of drug-likeness (QED) is 0.601. The van der Waals surface area contributed by atoms with Crippen LogP contribution >= 0.6 is 0 Å². The molecule has 31 heavy (non-hydrogen) atoms. The molecule has 3 aromatic rings. The van der Waals surface area contributed by atoms with Crippen LogP contribution < -0.4 is 10.6 Å². The maximum absolute atomic E-state index is 6.00. The molecule has 2 aliphatic carbocycles. The third-order valence-electron chi connectivity index (χ3n) is 6.63. The van der Waals surface area contributed by atoms with E-state index in [-0.39, 0.29) is 0 Å². The number of rotatable bonds is 7. The summed E-state index contributed by atoms with van der Waals surface area (Å²) < 4.78 is 0. The van der Waals surface area contributed by atoms with Crippen LogP contribution in [0.1, 0.15) is 27.8 Å². The zero-order chi connectivity index (χ0) is 21.4. The highest BCUT2D eigenvalue weighted by atomic mass is 15.1. The van der Waals surface area contributed by atoms with Gasteiger partial charge in [0, 0.05) is 46.0 Å². The van der Waals surface area contributed by atoms with Gasteiger partial charge in [-0.05, 0) is 69.1 Å². The lowest BCUT2D eigenvalue weighted by Gasteiger charge is -2.27. The van der Waals surface area contributed by atoms with Crippen molar-refractivity contribution in [2.75, 3.05) is 32.1 Å². The highest BCUT2D eigenvalue weighted by Gasteiger charge is 2.21. The first-order chi connectivity index (χ1) is 15.1. The zero-order valence-corrected chi connectivity index (χ0v) is 18.6. The van der Waals surface area contributed by atoms with Gasteiger partial charge in [-0.3, -0.25) is 4.90 Å². The van der Waals surface area contributed by atoms with Crippen LogP contribution in [-0.4, -0.2) is 32.1 Å². The molecule has 0 amide bonds. The molecule has 0 aromatic heterocycles. The van der Waals surface area contributed by atoms with E-state index in [9.17, 15) is 0 Å². The molecule has 5 rings (SSSR count). The van der Waals surface area contributed by atoms with Crippen LogP contribution in [0.4, 0.5) is 5.69 Å². The highest BCUT2D eigenvalue weighted by Crippen LogP contribution is 2.40. The van der Waals surface area contributed by atoms with Crippen molar-refractivity contribution in [3.63, 3.8) is 0 Å². The molecule has 0 heterocycles. The first kappa shape index (κ1) is 20.0.